The largest absolute Gasteiger partial charge is 2.00 e. The van der Waals surface area contributed by atoms with Crippen molar-refractivity contribution < 1.29 is 0 Å². The number of benzene rings is 4. The minimum Gasteiger partial charge on any atom is -0.411 e. The molecule has 8 nitrogen and oxygen atoms in total. The molecule has 9 rings (SSSR count). The summed E-state index contributed by atoms with van der Waals surface area (Å²) in [7, 11) is 0. The summed E-state index contributed by atoms with van der Waals surface area (Å²) >= 11 is 0. The second-order valence-electron chi connectivity index (χ2n) is 9.92. The number of fused-ring (bicyclic) bond motifs is 20. The van der Waals surface area contributed by atoms with Gasteiger partial charge in [-0.1, -0.05) is 97.1 Å². The molecule has 0 saturated heterocycles. The first-order chi connectivity index (χ1) is 19.8. The zero-order valence-electron chi connectivity index (χ0n) is 21.5. The summed E-state index contributed by atoms with van der Waals surface area (Å²) in [6, 6.07) is 32.7. The van der Waals surface area contributed by atoms with Gasteiger partial charge in [-0.25, -0.2) is 4.98 Å². The quantitative estimate of drug-likeness (QED) is 0.139. The predicted molar refractivity (Wildman–Crippen MR) is 165 cm³/mol. The van der Waals surface area contributed by atoms with E-state index in [0.717, 1.165) is 77.3 Å². The van der Waals surface area contributed by atoms with Crippen molar-refractivity contribution in [3.8, 4) is 22.8 Å². The van der Waals surface area contributed by atoms with Gasteiger partial charge in [-0.2, -0.15) is 0 Å². The van der Waals surface area contributed by atoms with Crippen LogP contribution in [0.15, 0.2) is 97.1 Å². The SMILES string of the molecule is [Sn+2].c1ccc2c(c1)-c1nc-2[n-]c2[nH]c([nH]c3[n-]c([nH]c4[nH]c(n1)c1ccccc41)c1ccccc31)c1ccccc21. The van der Waals surface area contributed by atoms with Crippen LogP contribution in [0, 0.1) is 0 Å². The second-order valence-corrected chi connectivity index (χ2v) is 9.92. The summed E-state index contributed by atoms with van der Waals surface area (Å²) in [6.45, 7) is 0. The van der Waals surface area contributed by atoms with E-state index >= 15 is 0 Å². The van der Waals surface area contributed by atoms with Crippen molar-refractivity contribution in [3.63, 3.8) is 0 Å². The third-order valence-electron chi connectivity index (χ3n) is 7.59. The van der Waals surface area contributed by atoms with Crippen LogP contribution in [0.4, 0.5) is 0 Å². The van der Waals surface area contributed by atoms with Gasteiger partial charge in [0, 0.05) is 44.7 Å². The fourth-order valence-corrected chi connectivity index (χ4v) is 5.73. The molecule has 0 unspecified atom stereocenters. The number of hydrogen-bond donors (Lipinski definition) is 4. The Labute approximate surface area is 248 Å². The standard InChI is InChI=1S/C32H20N8.Sn/c1-2-10-18-17(9-1)25-33-26(18)38-28-21-13-5-6-14-22(21)30(35-28)40-32-24-16-8-7-15-23(24)31(36-32)39-29-20-12-4-3-11-19(20)27(34-29)37-25;/h1-16,33,36-37,39H;/q-2;+2. The normalized spacial score (nSPS) is 11.7. The van der Waals surface area contributed by atoms with Crippen LogP contribution in [-0.2, 0) is 0 Å². The van der Waals surface area contributed by atoms with Crippen molar-refractivity contribution in [2.45, 2.75) is 0 Å². The Hall–Kier alpha value is -4.96. The maximum absolute atomic E-state index is 5.04. The van der Waals surface area contributed by atoms with Gasteiger partial charge in [0.1, 0.15) is 5.65 Å². The van der Waals surface area contributed by atoms with Gasteiger partial charge >= 0.3 is 23.9 Å². The van der Waals surface area contributed by atoms with E-state index in [2.05, 4.69) is 56.3 Å². The summed E-state index contributed by atoms with van der Waals surface area (Å²) in [5, 5.41) is 6.06. The van der Waals surface area contributed by atoms with Crippen LogP contribution >= 0.6 is 0 Å². The number of rotatable bonds is 0. The number of H-pyrrole nitrogens is 4. The van der Waals surface area contributed by atoms with Crippen molar-refractivity contribution >= 4 is 90.1 Å². The van der Waals surface area contributed by atoms with Crippen LogP contribution in [0.25, 0.3) is 89.0 Å². The smallest absolute Gasteiger partial charge is 0.411 e. The maximum atomic E-state index is 5.04. The zero-order valence-corrected chi connectivity index (χ0v) is 24.4. The Kier molecular flexibility index (Phi) is 5.26. The summed E-state index contributed by atoms with van der Waals surface area (Å²) in [6.07, 6.45) is 0. The molecular weight excluding hydrogens is 615 g/mol. The third-order valence-corrected chi connectivity index (χ3v) is 7.59. The Balaban J connectivity index is 0.00000256. The molecular formula is C32H20N8Sn. The average Bonchev–Trinajstić information content (AvgIpc) is 3.73. The van der Waals surface area contributed by atoms with Gasteiger partial charge in [0.15, 0.2) is 0 Å². The molecule has 5 heterocycles. The van der Waals surface area contributed by atoms with Gasteiger partial charge < -0.3 is 34.9 Å². The number of nitrogens with one attached hydrogen (secondary N) is 4. The van der Waals surface area contributed by atoms with E-state index in [1.807, 2.05) is 60.7 Å². The molecule has 4 N–H and O–H groups in total. The second kappa shape index (κ2) is 9.03. The number of aromatic amines is 4. The fourth-order valence-electron chi connectivity index (χ4n) is 5.73. The summed E-state index contributed by atoms with van der Waals surface area (Å²) in [5.41, 5.74) is 6.49. The van der Waals surface area contributed by atoms with Gasteiger partial charge in [0.25, 0.3) is 0 Å². The van der Waals surface area contributed by atoms with E-state index in [-0.39, 0.29) is 23.9 Å². The van der Waals surface area contributed by atoms with Gasteiger partial charge in [0.2, 0.25) is 0 Å². The Morgan fingerprint density at radius 3 is 1.56 bits per heavy atom. The van der Waals surface area contributed by atoms with E-state index in [4.69, 9.17) is 19.9 Å². The van der Waals surface area contributed by atoms with E-state index < -0.39 is 0 Å². The molecule has 0 saturated carbocycles. The molecule has 4 aromatic heterocycles. The molecule has 0 fully saturated rings. The predicted octanol–water partition coefficient (Wildman–Crippen LogP) is 6.70. The molecule has 41 heavy (non-hydrogen) atoms. The molecule has 2 radical (unpaired) electrons. The molecule has 8 bridgehead atoms. The third kappa shape index (κ3) is 3.60. The van der Waals surface area contributed by atoms with Crippen LogP contribution in [0.3, 0.4) is 0 Å². The van der Waals surface area contributed by atoms with Crippen molar-refractivity contribution in [1.29, 1.82) is 0 Å². The Morgan fingerprint density at radius 1 is 0.439 bits per heavy atom. The van der Waals surface area contributed by atoms with Crippen LogP contribution in [0.1, 0.15) is 0 Å². The zero-order chi connectivity index (χ0) is 26.2. The topological polar surface area (TPSA) is 117 Å². The molecule has 0 aliphatic carbocycles. The molecule has 1 aliphatic heterocycles. The van der Waals surface area contributed by atoms with Crippen LogP contribution in [0.5, 0.6) is 0 Å². The Bertz CT molecular complexity index is 2290. The van der Waals surface area contributed by atoms with Crippen molar-refractivity contribution in [1.82, 2.24) is 39.9 Å². The minimum absolute atomic E-state index is 0. The first-order valence-corrected chi connectivity index (χ1v) is 13.1. The number of hydrogen-bond acceptors (Lipinski definition) is 2. The molecule has 192 valence electrons. The number of nitrogens with zero attached hydrogens (tertiary/aromatic N) is 4. The fraction of sp³-hybridized carbons (Fsp3) is 0. The van der Waals surface area contributed by atoms with Crippen molar-refractivity contribution in [3.05, 3.63) is 97.1 Å². The molecule has 4 aromatic carbocycles. The molecule has 0 atom stereocenters. The van der Waals surface area contributed by atoms with E-state index in [1.165, 1.54) is 0 Å². The van der Waals surface area contributed by atoms with Gasteiger partial charge in [-0.15, -0.1) is 0 Å². The monoisotopic (exact) mass is 636 g/mol. The summed E-state index contributed by atoms with van der Waals surface area (Å²) in [5.74, 6) is 1.24. The van der Waals surface area contributed by atoms with Crippen LogP contribution < -0.4 is 9.97 Å². The van der Waals surface area contributed by atoms with Gasteiger partial charge in [0.05, 0.1) is 11.5 Å². The summed E-state index contributed by atoms with van der Waals surface area (Å²) < 4.78 is 0. The van der Waals surface area contributed by atoms with Gasteiger partial charge in [-0.3, -0.25) is 0 Å². The first-order valence-electron chi connectivity index (χ1n) is 13.1. The van der Waals surface area contributed by atoms with Crippen molar-refractivity contribution in [2.75, 3.05) is 0 Å². The van der Waals surface area contributed by atoms with Crippen LogP contribution in [-0.4, -0.2) is 53.8 Å². The van der Waals surface area contributed by atoms with E-state index in [9.17, 15) is 0 Å². The molecule has 8 aromatic rings. The molecule has 1 aliphatic rings. The molecule has 9 heteroatoms. The van der Waals surface area contributed by atoms with Gasteiger partial charge in [-0.05, 0) is 27.1 Å². The van der Waals surface area contributed by atoms with E-state index in [1.54, 1.807) is 0 Å². The number of aromatic nitrogens is 8. The molecule has 0 amide bonds. The molecule has 0 spiro atoms. The maximum Gasteiger partial charge on any atom is 2.00 e. The van der Waals surface area contributed by atoms with E-state index in [0.29, 0.717) is 11.6 Å². The Morgan fingerprint density at radius 2 is 0.902 bits per heavy atom. The summed E-state index contributed by atoms with van der Waals surface area (Å²) in [4.78, 5) is 34.2. The van der Waals surface area contributed by atoms with Crippen LogP contribution in [0.2, 0.25) is 0 Å². The average molecular weight is 635 g/mol. The first kappa shape index (κ1) is 23.9. The van der Waals surface area contributed by atoms with Crippen molar-refractivity contribution in [2.24, 2.45) is 0 Å². The minimum atomic E-state index is 0.